The monoisotopic (exact) mass is 386 g/mol. The Hall–Kier alpha value is -2.98. The third kappa shape index (κ3) is 3.10. The number of nitrogens with one attached hydrogen (secondary N) is 3. The van der Waals surface area contributed by atoms with E-state index in [2.05, 4.69) is 25.9 Å². The molecule has 1 fully saturated rings. The van der Waals surface area contributed by atoms with Crippen LogP contribution in [0.3, 0.4) is 0 Å². The number of aliphatic hydroxyl groups excluding tert-OH is 1. The van der Waals surface area contributed by atoms with Crippen molar-refractivity contribution in [2.75, 3.05) is 37.0 Å². The number of carbonyl (C=O) groups excluding carboxylic acids is 1. The van der Waals surface area contributed by atoms with Crippen LogP contribution in [0.15, 0.2) is 23.3 Å². The molecule has 2 aromatic rings. The molecule has 0 saturated carbocycles. The van der Waals surface area contributed by atoms with Gasteiger partial charge in [0.25, 0.3) is 11.5 Å². The van der Waals surface area contributed by atoms with E-state index in [-0.39, 0.29) is 18.1 Å². The number of anilines is 3. The van der Waals surface area contributed by atoms with Crippen molar-refractivity contribution in [2.24, 2.45) is 0 Å². The first-order valence-corrected chi connectivity index (χ1v) is 9.15. The number of hydrogen-bond donors (Lipinski definition) is 4. The molecule has 1 amide bonds. The SMILES string of the molecule is Cc1cc(Nc2cc(NCCO)ncn2)c(=O)n2c1C(=O)NC21CCOCC1. The number of ether oxygens (including phenoxy) is 1. The number of nitrogens with zero attached hydrogens (tertiary/aromatic N) is 3. The van der Waals surface area contributed by atoms with Crippen LogP contribution < -0.4 is 21.5 Å². The fraction of sp³-hybridized carbons (Fsp3) is 0.444. The molecule has 1 spiro atoms. The molecule has 2 aliphatic heterocycles. The van der Waals surface area contributed by atoms with Gasteiger partial charge in [0.05, 0.1) is 19.8 Å². The molecule has 0 aliphatic carbocycles. The number of aromatic nitrogens is 3. The van der Waals surface area contributed by atoms with E-state index in [0.29, 0.717) is 61.2 Å². The number of aliphatic hydroxyl groups is 1. The van der Waals surface area contributed by atoms with Crippen LogP contribution in [0.1, 0.15) is 28.9 Å². The van der Waals surface area contributed by atoms with Gasteiger partial charge in [0.2, 0.25) is 0 Å². The zero-order valence-electron chi connectivity index (χ0n) is 15.5. The molecule has 0 bridgehead atoms. The molecule has 0 unspecified atom stereocenters. The maximum absolute atomic E-state index is 13.3. The van der Waals surface area contributed by atoms with E-state index in [1.165, 1.54) is 6.33 Å². The smallest absolute Gasteiger partial charge is 0.276 e. The van der Waals surface area contributed by atoms with Crippen molar-refractivity contribution in [3.05, 3.63) is 40.1 Å². The lowest BCUT2D eigenvalue weighted by Crippen LogP contribution is -2.51. The number of aryl methyl sites for hydroxylation is 1. The molecule has 28 heavy (non-hydrogen) atoms. The van der Waals surface area contributed by atoms with Crippen LogP contribution in [0.5, 0.6) is 0 Å². The average Bonchev–Trinajstić information content (AvgIpc) is 2.97. The summed E-state index contributed by atoms with van der Waals surface area (Å²) in [5.74, 6) is 0.730. The number of carbonyl (C=O) groups is 1. The van der Waals surface area contributed by atoms with Gasteiger partial charge in [-0.05, 0) is 18.6 Å². The van der Waals surface area contributed by atoms with Crippen LogP contribution in [0.25, 0.3) is 0 Å². The van der Waals surface area contributed by atoms with Crippen LogP contribution in [-0.4, -0.2) is 51.9 Å². The van der Waals surface area contributed by atoms with Crippen LogP contribution in [0.2, 0.25) is 0 Å². The summed E-state index contributed by atoms with van der Waals surface area (Å²) in [7, 11) is 0. The van der Waals surface area contributed by atoms with Crippen molar-refractivity contribution >= 4 is 23.2 Å². The summed E-state index contributed by atoms with van der Waals surface area (Å²) in [6.07, 6.45) is 2.44. The molecule has 10 heteroatoms. The van der Waals surface area contributed by atoms with E-state index >= 15 is 0 Å². The van der Waals surface area contributed by atoms with Crippen molar-refractivity contribution in [3.8, 4) is 0 Å². The third-order valence-corrected chi connectivity index (χ3v) is 5.05. The molecule has 0 radical (unpaired) electrons. The lowest BCUT2D eigenvalue weighted by atomic mass is 10.0. The summed E-state index contributed by atoms with van der Waals surface area (Å²) in [6.45, 7) is 3.10. The quantitative estimate of drug-likeness (QED) is 0.577. The van der Waals surface area contributed by atoms with Crippen molar-refractivity contribution in [2.45, 2.75) is 25.4 Å². The highest BCUT2D eigenvalue weighted by molar-refractivity contribution is 5.97. The largest absolute Gasteiger partial charge is 0.395 e. The fourth-order valence-electron chi connectivity index (χ4n) is 3.75. The van der Waals surface area contributed by atoms with Crippen LogP contribution in [-0.2, 0) is 10.4 Å². The number of pyridine rings is 1. The summed E-state index contributed by atoms with van der Waals surface area (Å²) in [6, 6.07) is 3.31. The lowest BCUT2D eigenvalue weighted by molar-refractivity contribution is 0.0120. The Morgan fingerprint density at radius 2 is 2.00 bits per heavy atom. The summed E-state index contributed by atoms with van der Waals surface area (Å²) >= 11 is 0. The number of fused-ring (bicyclic) bond motifs is 2. The van der Waals surface area contributed by atoms with E-state index in [1.54, 1.807) is 16.7 Å². The van der Waals surface area contributed by atoms with Gasteiger partial charge < -0.3 is 25.8 Å². The Balaban J connectivity index is 1.73. The second-order valence-electron chi connectivity index (χ2n) is 6.89. The summed E-state index contributed by atoms with van der Waals surface area (Å²) in [4.78, 5) is 34.0. The van der Waals surface area contributed by atoms with Gasteiger partial charge in [0.15, 0.2) is 0 Å². The van der Waals surface area contributed by atoms with Crippen molar-refractivity contribution in [1.82, 2.24) is 19.9 Å². The predicted octanol–water partition coefficient (Wildman–Crippen LogP) is 0.301. The van der Waals surface area contributed by atoms with Gasteiger partial charge in [0.1, 0.15) is 35.0 Å². The van der Waals surface area contributed by atoms with E-state index < -0.39 is 5.66 Å². The molecular weight excluding hydrogens is 364 g/mol. The maximum atomic E-state index is 13.3. The molecule has 1 saturated heterocycles. The molecular formula is C18H22N6O4. The number of hydrogen-bond acceptors (Lipinski definition) is 8. The summed E-state index contributed by atoms with van der Waals surface area (Å²) in [5.41, 5.74) is 0.393. The minimum Gasteiger partial charge on any atom is -0.395 e. The minimum absolute atomic E-state index is 0.0229. The molecule has 4 rings (SSSR count). The van der Waals surface area contributed by atoms with Crippen LogP contribution in [0.4, 0.5) is 17.3 Å². The second kappa shape index (κ2) is 7.21. The Bertz CT molecular complexity index is 967. The molecule has 148 valence electrons. The van der Waals surface area contributed by atoms with Crippen LogP contribution in [0, 0.1) is 6.92 Å². The Morgan fingerprint density at radius 1 is 1.25 bits per heavy atom. The number of amides is 1. The molecule has 2 aliphatic rings. The molecule has 4 heterocycles. The normalized spacial score (nSPS) is 17.3. The highest BCUT2D eigenvalue weighted by Gasteiger charge is 2.45. The third-order valence-electron chi connectivity index (χ3n) is 5.05. The van der Waals surface area contributed by atoms with Gasteiger partial charge >= 0.3 is 0 Å². The Kier molecular flexibility index (Phi) is 4.73. The van der Waals surface area contributed by atoms with Gasteiger partial charge in [-0.1, -0.05) is 0 Å². The van der Waals surface area contributed by atoms with Gasteiger partial charge in [0, 0.05) is 25.5 Å². The average molecular weight is 386 g/mol. The van der Waals surface area contributed by atoms with Crippen molar-refractivity contribution in [1.29, 1.82) is 0 Å². The molecule has 0 atom stereocenters. The van der Waals surface area contributed by atoms with Crippen LogP contribution >= 0.6 is 0 Å². The lowest BCUT2D eigenvalue weighted by Gasteiger charge is -2.35. The Labute approximate surface area is 161 Å². The second-order valence-corrected chi connectivity index (χ2v) is 6.89. The summed E-state index contributed by atoms with van der Waals surface area (Å²) in [5, 5.41) is 17.9. The van der Waals surface area contributed by atoms with E-state index in [1.807, 2.05) is 6.92 Å². The van der Waals surface area contributed by atoms with Crippen molar-refractivity contribution < 1.29 is 14.6 Å². The molecule has 10 nitrogen and oxygen atoms in total. The first-order chi connectivity index (χ1) is 13.5. The van der Waals surface area contributed by atoms with E-state index in [9.17, 15) is 9.59 Å². The van der Waals surface area contributed by atoms with Gasteiger partial charge in [-0.25, -0.2) is 9.97 Å². The Morgan fingerprint density at radius 3 is 2.75 bits per heavy atom. The zero-order valence-corrected chi connectivity index (χ0v) is 15.5. The first-order valence-electron chi connectivity index (χ1n) is 9.15. The molecule has 2 aromatic heterocycles. The fourth-order valence-corrected chi connectivity index (χ4v) is 3.75. The number of rotatable bonds is 5. The minimum atomic E-state index is -0.746. The predicted molar refractivity (Wildman–Crippen MR) is 102 cm³/mol. The highest BCUT2D eigenvalue weighted by atomic mass is 16.5. The topological polar surface area (TPSA) is 130 Å². The highest BCUT2D eigenvalue weighted by Crippen LogP contribution is 2.33. The van der Waals surface area contributed by atoms with Gasteiger partial charge in [-0.3, -0.25) is 14.2 Å². The first kappa shape index (κ1) is 18.4. The standard InChI is InChI=1S/C18H22N6O4/c1-11-8-12(22-14-9-13(19-4-5-25)20-10-21-14)17(27)24-15(11)16(26)23-18(24)2-6-28-7-3-18/h8-10,25H,2-7H2,1H3,(H,23,26)(H2,19,20,21,22). The maximum Gasteiger partial charge on any atom is 0.276 e. The van der Waals surface area contributed by atoms with E-state index in [4.69, 9.17) is 9.84 Å². The molecule has 4 N–H and O–H groups in total. The van der Waals surface area contributed by atoms with Gasteiger partial charge in [-0.15, -0.1) is 0 Å². The molecule has 0 aromatic carbocycles. The van der Waals surface area contributed by atoms with Crippen molar-refractivity contribution in [3.63, 3.8) is 0 Å². The van der Waals surface area contributed by atoms with E-state index in [0.717, 1.165) is 0 Å². The van der Waals surface area contributed by atoms with Gasteiger partial charge in [-0.2, -0.15) is 0 Å². The zero-order chi connectivity index (χ0) is 19.7. The summed E-state index contributed by atoms with van der Waals surface area (Å²) < 4.78 is 6.99.